The predicted octanol–water partition coefficient (Wildman–Crippen LogP) is 0.379. The highest BCUT2D eigenvalue weighted by atomic mass is 16.2. The third-order valence-corrected chi connectivity index (χ3v) is 3.12. The average molecular weight is 269 g/mol. The normalized spacial score (nSPS) is 17.2. The van der Waals surface area contributed by atoms with E-state index in [1.807, 2.05) is 18.7 Å². The van der Waals surface area contributed by atoms with Crippen LogP contribution in [0.25, 0.3) is 0 Å². The van der Waals surface area contributed by atoms with Crippen LogP contribution < -0.4 is 10.6 Å². The van der Waals surface area contributed by atoms with Gasteiger partial charge in [-0.25, -0.2) is 4.79 Å². The molecule has 0 spiro atoms. The molecule has 0 aromatic rings. The van der Waals surface area contributed by atoms with Crippen molar-refractivity contribution in [2.24, 2.45) is 11.8 Å². The molecule has 2 N–H and O–H groups in total. The minimum Gasteiger partial charge on any atom is -0.338 e. The van der Waals surface area contributed by atoms with Crippen molar-refractivity contribution >= 4 is 18.2 Å². The van der Waals surface area contributed by atoms with Gasteiger partial charge in [0.1, 0.15) is 6.29 Å². The number of imide groups is 1. The van der Waals surface area contributed by atoms with Crippen molar-refractivity contribution in [1.29, 1.82) is 0 Å². The molecule has 0 saturated carbocycles. The predicted molar refractivity (Wildman–Crippen MR) is 71.6 cm³/mol. The molecule has 6 nitrogen and oxygen atoms in total. The number of nitrogens with zero attached hydrogens (tertiary/aromatic N) is 1. The molecule has 3 amide bonds. The number of carbonyl (C=O) groups excluding carboxylic acids is 3. The first-order chi connectivity index (χ1) is 9.01. The van der Waals surface area contributed by atoms with Gasteiger partial charge >= 0.3 is 6.03 Å². The lowest BCUT2D eigenvalue weighted by Crippen LogP contribution is -2.46. The third-order valence-electron chi connectivity index (χ3n) is 3.12. The summed E-state index contributed by atoms with van der Waals surface area (Å²) in [6.45, 7) is 6.18. The van der Waals surface area contributed by atoms with Gasteiger partial charge in [-0.1, -0.05) is 13.8 Å². The number of hydrogen-bond donors (Lipinski definition) is 2. The van der Waals surface area contributed by atoms with Crippen molar-refractivity contribution in [3.63, 3.8) is 0 Å². The molecule has 0 aliphatic carbocycles. The van der Waals surface area contributed by atoms with Crippen molar-refractivity contribution in [1.82, 2.24) is 15.5 Å². The Labute approximate surface area is 113 Å². The van der Waals surface area contributed by atoms with E-state index in [-0.39, 0.29) is 18.4 Å². The van der Waals surface area contributed by atoms with Gasteiger partial charge in [0.15, 0.2) is 0 Å². The van der Waals surface area contributed by atoms with Crippen LogP contribution in [0.15, 0.2) is 0 Å². The Kier molecular flexibility index (Phi) is 6.49. The Morgan fingerprint density at radius 2 is 1.95 bits per heavy atom. The van der Waals surface area contributed by atoms with E-state index in [9.17, 15) is 14.4 Å². The topological polar surface area (TPSA) is 78.5 Å². The van der Waals surface area contributed by atoms with Gasteiger partial charge in [0.05, 0.1) is 6.54 Å². The number of piperidine rings is 1. The first-order valence-electron chi connectivity index (χ1n) is 6.76. The van der Waals surface area contributed by atoms with Crippen LogP contribution in [0.2, 0.25) is 0 Å². The maximum atomic E-state index is 11.6. The number of likely N-dealkylation sites (tertiary alicyclic amines) is 1. The summed E-state index contributed by atoms with van der Waals surface area (Å²) in [4.78, 5) is 35.6. The quantitative estimate of drug-likeness (QED) is 0.707. The molecule has 1 aliphatic heterocycles. The fourth-order valence-electron chi connectivity index (χ4n) is 1.96. The lowest BCUT2D eigenvalue weighted by atomic mass is 9.99. The van der Waals surface area contributed by atoms with Crippen LogP contribution in [0.1, 0.15) is 26.7 Å². The first kappa shape index (κ1) is 15.6. The highest BCUT2D eigenvalue weighted by Gasteiger charge is 2.20. The number of urea groups is 1. The summed E-state index contributed by atoms with van der Waals surface area (Å²) in [5, 5.41) is 4.94. The van der Waals surface area contributed by atoms with Gasteiger partial charge in [-0.3, -0.25) is 15.0 Å². The van der Waals surface area contributed by atoms with E-state index in [2.05, 4.69) is 10.6 Å². The SMILES string of the molecule is CC(C)CNC(=O)NC(=O)CN1CCC(C=O)CC1. The lowest BCUT2D eigenvalue weighted by molar-refractivity contribution is -0.121. The Bertz CT molecular complexity index is 323. The maximum Gasteiger partial charge on any atom is 0.321 e. The molecule has 0 aromatic heterocycles. The van der Waals surface area contributed by atoms with Gasteiger partial charge in [-0.15, -0.1) is 0 Å². The summed E-state index contributed by atoms with van der Waals surface area (Å²) < 4.78 is 0. The molecule has 19 heavy (non-hydrogen) atoms. The molecule has 0 aromatic carbocycles. The Morgan fingerprint density at radius 3 is 2.47 bits per heavy atom. The second kappa shape index (κ2) is 7.89. The minimum absolute atomic E-state index is 0.119. The summed E-state index contributed by atoms with van der Waals surface area (Å²) >= 11 is 0. The molecule has 1 saturated heterocycles. The summed E-state index contributed by atoms with van der Waals surface area (Å²) in [6, 6.07) is -0.443. The van der Waals surface area contributed by atoms with Crippen molar-refractivity contribution in [2.45, 2.75) is 26.7 Å². The molecule has 1 fully saturated rings. The van der Waals surface area contributed by atoms with Crippen LogP contribution in [-0.2, 0) is 9.59 Å². The fraction of sp³-hybridized carbons (Fsp3) is 0.769. The molecule has 1 rings (SSSR count). The monoisotopic (exact) mass is 269 g/mol. The molecule has 6 heteroatoms. The largest absolute Gasteiger partial charge is 0.338 e. The van der Waals surface area contributed by atoms with Crippen LogP contribution in [0.4, 0.5) is 4.79 Å². The summed E-state index contributed by atoms with van der Waals surface area (Å²) in [6.07, 6.45) is 2.56. The van der Waals surface area contributed by atoms with E-state index in [0.717, 1.165) is 32.2 Å². The van der Waals surface area contributed by atoms with Gasteiger partial charge in [-0.2, -0.15) is 0 Å². The van der Waals surface area contributed by atoms with E-state index in [0.29, 0.717) is 12.5 Å². The van der Waals surface area contributed by atoms with Gasteiger partial charge in [-0.05, 0) is 31.8 Å². The van der Waals surface area contributed by atoms with Crippen LogP contribution in [-0.4, -0.2) is 49.3 Å². The Balaban J connectivity index is 2.20. The molecule has 1 aliphatic rings. The van der Waals surface area contributed by atoms with Crippen LogP contribution in [0, 0.1) is 11.8 Å². The molecular formula is C13H23N3O3. The first-order valence-corrected chi connectivity index (χ1v) is 6.76. The summed E-state index contributed by atoms with van der Waals surface area (Å²) in [5.74, 6) is 0.169. The van der Waals surface area contributed by atoms with Gasteiger partial charge in [0.25, 0.3) is 0 Å². The molecule has 0 atom stereocenters. The standard InChI is InChI=1S/C13H23N3O3/c1-10(2)7-14-13(19)15-12(18)8-16-5-3-11(9-17)4-6-16/h9-11H,3-8H2,1-2H3,(H2,14,15,18,19). The molecule has 0 radical (unpaired) electrons. The Hall–Kier alpha value is -1.43. The van der Waals surface area contributed by atoms with Crippen LogP contribution in [0.3, 0.4) is 0 Å². The van der Waals surface area contributed by atoms with Crippen LogP contribution in [0.5, 0.6) is 0 Å². The number of rotatable bonds is 5. The van der Waals surface area contributed by atoms with Crippen molar-refractivity contribution < 1.29 is 14.4 Å². The van der Waals surface area contributed by atoms with E-state index < -0.39 is 6.03 Å². The van der Waals surface area contributed by atoms with Crippen molar-refractivity contribution in [2.75, 3.05) is 26.2 Å². The molecule has 0 unspecified atom stereocenters. The molecule has 108 valence electrons. The lowest BCUT2D eigenvalue weighted by Gasteiger charge is -2.28. The van der Waals surface area contributed by atoms with Crippen molar-refractivity contribution in [3.05, 3.63) is 0 Å². The third kappa shape index (κ3) is 6.33. The zero-order chi connectivity index (χ0) is 14.3. The van der Waals surface area contributed by atoms with Gasteiger partial charge in [0.2, 0.25) is 5.91 Å². The Morgan fingerprint density at radius 1 is 1.32 bits per heavy atom. The number of amides is 3. The second-order valence-corrected chi connectivity index (χ2v) is 5.40. The number of hydrogen-bond acceptors (Lipinski definition) is 4. The highest BCUT2D eigenvalue weighted by Crippen LogP contribution is 2.14. The minimum atomic E-state index is -0.443. The zero-order valence-electron chi connectivity index (χ0n) is 11.6. The fourth-order valence-corrected chi connectivity index (χ4v) is 1.96. The van der Waals surface area contributed by atoms with E-state index in [1.165, 1.54) is 0 Å². The smallest absolute Gasteiger partial charge is 0.321 e. The second-order valence-electron chi connectivity index (χ2n) is 5.40. The summed E-state index contributed by atoms with van der Waals surface area (Å²) in [7, 11) is 0. The number of aldehydes is 1. The number of nitrogens with one attached hydrogen (secondary N) is 2. The maximum absolute atomic E-state index is 11.6. The van der Waals surface area contributed by atoms with Gasteiger partial charge in [0, 0.05) is 12.5 Å². The van der Waals surface area contributed by atoms with E-state index >= 15 is 0 Å². The van der Waals surface area contributed by atoms with E-state index in [1.54, 1.807) is 0 Å². The molecule has 1 heterocycles. The average Bonchev–Trinajstić information content (AvgIpc) is 2.37. The van der Waals surface area contributed by atoms with Crippen LogP contribution >= 0.6 is 0 Å². The van der Waals surface area contributed by atoms with Gasteiger partial charge < -0.3 is 10.1 Å². The van der Waals surface area contributed by atoms with Crippen molar-refractivity contribution in [3.8, 4) is 0 Å². The molecular weight excluding hydrogens is 246 g/mol. The zero-order valence-corrected chi connectivity index (χ0v) is 11.6. The highest BCUT2D eigenvalue weighted by molar-refractivity contribution is 5.95. The molecule has 0 bridgehead atoms. The number of carbonyl (C=O) groups is 3. The van der Waals surface area contributed by atoms with E-state index in [4.69, 9.17) is 0 Å². The summed E-state index contributed by atoms with van der Waals surface area (Å²) in [5.41, 5.74) is 0.